The van der Waals surface area contributed by atoms with Crippen LogP contribution in [0, 0.1) is 0 Å². The van der Waals surface area contributed by atoms with Crippen LogP contribution in [0.25, 0.3) is 11.4 Å². The van der Waals surface area contributed by atoms with Gasteiger partial charge in [-0.15, -0.1) is 0 Å². The predicted molar refractivity (Wildman–Crippen MR) is 109 cm³/mol. The van der Waals surface area contributed by atoms with Crippen LogP contribution in [0.1, 0.15) is 17.0 Å². The average Bonchev–Trinajstić information content (AvgIpc) is 2.76. The fraction of sp³-hybridized carbons (Fsp3) is 0.130. The summed E-state index contributed by atoms with van der Waals surface area (Å²) in [7, 11) is 0. The van der Waals surface area contributed by atoms with Crippen LogP contribution in [0.5, 0.6) is 0 Å². The van der Waals surface area contributed by atoms with Crippen molar-refractivity contribution in [2.24, 2.45) is 0 Å². The molecule has 0 aromatic carbocycles. The van der Waals surface area contributed by atoms with Crippen molar-refractivity contribution in [3.8, 4) is 11.4 Å². The Hall–Kier alpha value is -3.44. The molecular weight excluding hydrogens is 346 g/mol. The first-order valence-electron chi connectivity index (χ1n) is 9.25. The largest absolute Gasteiger partial charge is 0.287 e. The number of pyridine rings is 4. The highest BCUT2D eigenvalue weighted by atomic mass is 15.1. The zero-order chi connectivity index (χ0) is 19.0. The summed E-state index contributed by atoms with van der Waals surface area (Å²) in [6.07, 6.45) is 7.37. The van der Waals surface area contributed by atoms with Crippen molar-refractivity contribution in [2.45, 2.75) is 19.6 Å². The predicted octanol–water partition coefficient (Wildman–Crippen LogP) is 4.14. The van der Waals surface area contributed by atoms with Gasteiger partial charge in [-0.05, 0) is 48.0 Å². The van der Waals surface area contributed by atoms with Gasteiger partial charge in [-0.2, -0.15) is 0 Å². The number of nitrogens with zero attached hydrogens (tertiary/aromatic N) is 5. The molecule has 4 heterocycles. The van der Waals surface area contributed by atoms with E-state index in [0.29, 0.717) is 0 Å². The molecule has 0 saturated carbocycles. The zero-order valence-electron chi connectivity index (χ0n) is 15.5. The molecule has 5 heteroatoms. The molecule has 0 amide bonds. The van der Waals surface area contributed by atoms with E-state index < -0.39 is 0 Å². The Labute approximate surface area is 164 Å². The second kappa shape index (κ2) is 8.97. The van der Waals surface area contributed by atoms with Crippen molar-refractivity contribution in [3.63, 3.8) is 0 Å². The molecule has 0 saturated heterocycles. The van der Waals surface area contributed by atoms with Gasteiger partial charge >= 0.3 is 0 Å². The normalized spacial score (nSPS) is 10.9. The molecule has 28 heavy (non-hydrogen) atoms. The van der Waals surface area contributed by atoms with Crippen molar-refractivity contribution in [3.05, 3.63) is 108 Å². The van der Waals surface area contributed by atoms with Gasteiger partial charge in [0.05, 0.1) is 22.8 Å². The summed E-state index contributed by atoms with van der Waals surface area (Å²) in [5.41, 5.74) is 4.98. The summed E-state index contributed by atoms with van der Waals surface area (Å²) in [5, 5.41) is 0. The maximum atomic E-state index is 4.60. The molecule has 0 atom stereocenters. The molecule has 4 aromatic heterocycles. The first-order valence-corrected chi connectivity index (χ1v) is 9.25. The number of hydrogen-bond acceptors (Lipinski definition) is 5. The Morgan fingerprint density at radius 1 is 0.536 bits per heavy atom. The minimum Gasteiger partial charge on any atom is -0.287 e. The van der Waals surface area contributed by atoms with Gasteiger partial charge in [0.15, 0.2) is 0 Å². The van der Waals surface area contributed by atoms with Gasteiger partial charge in [-0.3, -0.25) is 24.8 Å². The van der Waals surface area contributed by atoms with Gasteiger partial charge in [0, 0.05) is 44.4 Å². The van der Waals surface area contributed by atoms with Crippen molar-refractivity contribution in [1.82, 2.24) is 24.8 Å². The molecule has 0 unspecified atom stereocenters. The minimum atomic E-state index is 0.749. The fourth-order valence-electron chi connectivity index (χ4n) is 3.05. The molecule has 0 bridgehead atoms. The summed E-state index contributed by atoms with van der Waals surface area (Å²) in [4.78, 5) is 20.2. The Morgan fingerprint density at radius 2 is 1.14 bits per heavy atom. The van der Waals surface area contributed by atoms with Crippen LogP contribution < -0.4 is 0 Å². The van der Waals surface area contributed by atoms with E-state index in [1.807, 2.05) is 79.3 Å². The van der Waals surface area contributed by atoms with E-state index in [1.54, 1.807) is 6.20 Å². The van der Waals surface area contributed by atoms with E-state index in [1.165, 1.54) is 0 Å². The standard InChI is InChI=1S/C23H21N5/c1-4-12-24-20(7-1)17-28(18-21-8-2-5-13-25-21)16-19-10-11-23(27-15-19)22-9-3-6-14-26-22/h1-15H,16-18H2. The lowest BCUT2D eigenvalue weighted by Gasteiger charge is -2.21. The van der Waals surface area contributed by atoms with Crippen molar-refractivity contribution < 1.29 is 0 Å². The monoisotopic (exact) mass is 367 g/mol. The van der Waals surface area contributed by atoms with Gasteiger partial charge < -0.3 is 0 Å². The van der Waals surface area contributed by atoms with Gasteiger partial charge in [0.25, 0.3) is 0 Å². The lowest BCUT2D eigenvalue weighted by molar-refractivity contribution is 0.241. The SMILES string of the molecule is c1ccc(CN(Cc2ccc(-c3ccccn3)nc2)Cc2ccccn2)nc1. The molecule has 0 aliphatic carbocycles. The number of aromatic nitrogens is 4. The quantitative estimate of drug-likeness (QED) is 0.491. The summed E-state index contributed by atoms with van der Waals surface area (Å²) in [6.45, 7) is 2.27. The maximum absolute atomic E-state index is 4.60. The van der Waals surface area contributed by atoms with Gasteiger partial charge in [0.1, 0.15) is 0 Å². The van der Waals surface area contributed by atoms with E-state index in [2.05, 4.69) is 30.9 Å². The molecule has 0 aliphatic rings. The Balaban J connectivity index is 1.51. The van der Waals surface area contributed by atoms with Crippen molar-refractivity contribution in [1.29, 1.82) is 0 Å². The third kappa shape index (κ3) is 4.84. The molecule has 138 valence electrons. The highest BCUT2D eigenvalue weighted by Crippen LogP contribution is 2.16. The topological polar surface area (TPSA) is 54.8 Å². The highest BCUT2D eigenvalue weighted by Gasteiger charge is 2.10. The van der Waals surface area contributed by atoms with Crippen LogP contribution in [0.3, 0.4) is 0 Å². The highest BCUT2D eigenvalue weighted by molar-refractivity contribution is 5.53. The van der Waals surface area contributed by atoms with Gasteiger partial charge in [-0.25, -0.2) is 0 Å². The van der Waals surface area contributed by atoms with E-state index in [-0.39, 0.29) is 0 Å². The summed E-state index contributed by atoms with van der Waals surface area (Å²) < 4.78 is 0. The van der Waals surface area contributed by atoms with Crippen LogP contribution in [-0.4, -0.2) is 24.8 Å². The molecule has 0 radical (unpaired) electrons. The molecule has 0 fully saturated rings. The van der Waals surface area contributed by atoms with E-state index in [0.717, 1.165) is 48.0 Å². The maximum Gasteiger partial charge on any atom is 0.0886 e. The number of hydrogen-bond donors (Lipinski definition) is 0. The van der Waals surface area contributed by atoms with E-state index in [4.69, 9.17) is 0 Å². The lowest BCUT2D eigenvalue weighted by Crippen LogP contribution is -2.23. The third-order valence-electron chi connectivity index (χ3n) is 4.38. The second-order valence-corrected chi connectivity index (χ2v) is 6.55. The van der Waals surface area contributed by atoms with Crippen LogP contribution in [0.4, 0.5) is 0 Å². The average molecular weight is 367 g/mol. The first kappa shape index (κ1) is 17.9. The van der Waals surface area contributed by atoms with E-state index >= 15 is 0 Å². The summed E-state index contributed by atoms with van der Waals surface area (Å²) >= 11 is 0. The minimum absolute atomic E-state index is 0.749. The Morgan fingerprint density at radius 3 is 1.64 bits per heavy atom. The zero-order valence-corrected chi connectivity index (χ0v) is 15.5. The lowest BCUT2D eigenvalue weighted by atomic mass is 10.2. The van der Waals surface area contributed by atoms with Crippen LogP contribution in [0.15, 0.2) is 91.5 Å². The summed E-state index contributed by atoms with van der Waals surface area (Å²) in [5.74, 6) is 0. The van der Waals surface area contributed by atoms with E-state index in [9.17, 15) is 0 Å². The first-order chi connectivity index (χ1) is 13.9. The van der Waals surface area contributed by atoms with Crippen LogP contribution >= 0.6 is 0 Å². The molecule has 4 rings (SSSR count). The van der Waals surface area contributed by atoms with Gasteiger partial charge in [-0.1, -0.05) is 24.3 Å². The molecule has 5 nitrogen and oxygen atoms in total. The Bertz CT molecular complexity index is 932. The van der Waals surface area contributed by atoms with Crippen LogP contribution in [-0.2, 0) is 19.6 Å². The van der Waals surface area contributed by atoms with Crippen molar-refractivity contribution in [2.75, 3.05) is 0 Å². The van der Waals surface area contributed by atoms with Crippen molar-refractivity contribution >= 4 is 0 Å². The smallest absolute Gasteiger partial charge is 0.0886 e. The molecule has 4 aromatic rings. The fourth-order valence-corrected chi connectivity index (χ4v) is 3.05. The number of rotatable bonds is 7. The molecule has 0 aliphatic heterocycles. The molecule has 0 N–H and O–H groups in total. The van der Waals surface area contributed by atoms with Crippen LogP contribution in [0.2, 0.25) is 0 Å². The van der Waals surface area contributed by atoms with Gasteiger partial charge in [0.2, 0.25) is 0 Å². The third-order valence-corrected chi connectivity index (χ3v) is 4.38. The second-order valence-electron chi connectivity index (χ2n) is 6.55. The molecule has 0 spiro atoms. The molecular formula is C23H21N5. The Kier molecular flexibility index (Phi) is 5.75. The summed E-state index contributed by atoms with van der Waals surface area (Å²) in [6, 6.07) is 22.0.